The summed E-state index contributed by atoms with van der Waals surface area (Å²) in [6, 6.07) is 7.73. The van der Waals surface area contributed by atoms with E-state index < -0.39 is 11.9 Å². The van der Waals surface area contributed by atoms with Gasteiger partial charge in [0.05, 0.1) is 0 Å². The lowest BCUT2D eigenvalue weighted by atomic mass is 10.2. The normalized spacial score (nSPS) is 11.6. The first-order valence-electron chi connectivity index (χ1n) is 7.13. The van der Waals surface area contributed by atoms with E-state index in [1.165, 1.54) is 13.2 Å². The van der Waals surface area contributed by atoms with Gasteiger partial charge >= 0.3 is 6.18 Å². The smallest absolute Gasteiger partial charge is 0.421 e. The van der Waals surface area contributed by atoms with Crippen LogP contribution in [0.5, 0.6) is 11.8 Å². The topological polar surface area (TPSA) is 52.8 Å². The zero-order valence-electron chi connectivity index (χ0n) is 13.2. The molecule has 0 saturated carbocycles. The fourth-order valence-electron chi connectivity index (χ4n) is 2.08. The number of ether oxygens (including phenoxy) is 1. The van der Waals surface area contributed by atoms with Gasteiger partial charge in [0.15, 0.2) is 11.5 Å². The van der Waals surface area contributed by atoms with Crippen molar-refractivity contribution < 1.29 is 17.9 Å². The van der Waals surface area contributed by atoms with Gasteiger partial charge in [-0.15, -0.1) is 0 Å². The predicted molar refractivity (Wildman–Crippen MR) is 85.5 cm³/mol. The minimum Gasteiger partial charge on any atom is -0.421 e. The summed E-state index contributed by atoms with van der Waals surface area (Å²) in [6.45, 7) is 1.69. The summed E-state index contributed by atoms with van der Waals surface area (Å²) in [4.78, 5) is 8.48. The Labute approximate surface area is 146 Å². The van der Waals surface area contributed by atoms with Gasteiger partial charge in [-0.3, -0.25) is 0 Å². The third-order valence-electron chi connectivity index (χ3n) is 3.34. The van der Waals surface area contributed by atoms with Crippen LogP contribution in [0.4, 0.5) is 13.2 Å². The van der Waals surface area contributed by atoms with Crippen LogP contribution in [0.15, 0.2) is 36.5 Å². The zero-order chi connectivity index (χ0) is 18.2. The Kier molecular flexibility index (Phi) is 4.38. The molecule has 2 aromatic heterocycles. The van der Waals surface area contributed by atoms with Crippen LogP contribution in [-0.2, 0) is 13.2 Å². The number of hydrogen-bond donors (Lipinski definition) is 0. The number of hydrogen-bond acceptors (Lipinski definition) is 4. The van der Waals surface area contributed by atoms with E-state index >= 15 is 0 Å². The van der Waals surface area contributed by atoms with E-state index in [0.29, 0.717) is 22.0 Å². The van der Waals surface area contributed by atoms with Gasteiger partial charge in [0.1, 0.15) is 0 Å². The Hall–Kier alpha value is -2.61. The standard InChI is InChI=1S/C16H12ClF3N4O/c1-9-8-21-14(10-4-3-5-11(17)6-10)22-15(9)25-13-7-12(16(18,19)20)23-24(13)2/h3-8H,1-2H3. The molecular formula is C16H12ClF3N4O. The summed E-state index contributed by atoms with van der Waals surface area (Å²) in [6.07, 6.45) is -3.02. The molecule has 0 amide bonds. The van der Waals surface area contributed by atoms with Crippen LogP contribution in [0.3, 0.4) is 0 Å². The number of nitrogens with zero attached hydrogens (tertiary/aromatic N) is 4. The fraction of sp³-hybridized carbons (Fsp3) is 0.188. The van der Waals surface area contributed by atoms with Crippen molar-refractivity contribution in [1.82, 2.24) is 19.7 Å². The maximum Gasteiger partial charge on any atom is 0.435 e. The maximum atomic E-state index is 12.8. The Morgan fingerprint density at radius 1 is 1.20 bits per heavy atom. The van der Waals surface area contributed by atoms with Crippen LogP contribution in [0.1, 0.15) is 11.3 Å². The highest BCUT2D eigenvalue weighted by molar-refractivity contribution is 6.30. The Bertz CT molecular complexity index is 924. The van der Waals surface area contributed by atoms with Crippen molar-refractivity contribution in [3.63, 3.8) is 0 Å². The Morgan fingerprint density at radius 2 is 1.96 bits per heavy atom. The van der Waals surface area contributed by atoms with Gasteiger partial charge in [0.25, 0.3) is 0 Å². The third-order valence-corrected chi connectivity index (χ3v) is 3.57. The molecule has 3 aromatic rings. The Balaban J connectivity index is 1.96. The molecule has 0 radical (unpaired) electrons. The first-order chi connectivity index (χ1) is 11.7. The summed E-state index contributed by atoms with van der Waals surface area (Å²) >= 11 is 5.96. The molecule has 0 atom stereocenters. The first kappa shape index (κ1) is 17.2. The second-order valence-electron chi connectivity index (χ2n) is 5.28. The van der Waals surface area contributed by atoms with E-state index in [0.717, 1.165) is 10.7 Å². The van der Waals surface area contributed by atoms with Gasteiger partial charge < -0.3 is 4.74 Å². The lowest BCUT2D eigenvalue weighted by molar-refractivity contribution is -0.141. The molecule has 130 valence electrons. The molecule has 0 fully saturated rings. The van der Waals surface area contributed by atoms with Crippen molar-refractivity contribution in [2.45, 2.75) is 13.1 Å². The summed E-state index contributed by atoms with van der Waals surface area (Å²) in [7, 11) is 1.36. The highest BCUT2D eigenvalue weighted by atomic mass is 35.5. The fourth-order valence-corrected chi connectivity index (χ4v) is 2.27. The summed E-state index contributed by atoms with van der Waals surface area (Å²) in [5.41, 5.74) is 0.200. The van der Waals surface area contributed by atoms with Gasteiger partial charge in [-0.2, -0.15) is 23.3 Å². The zero-order valence-corrected chi connectivity index (χ0v) is 13.9. The molecule has 0 saturated heterocycles. The van der Waals surface area contributed by atoms with E-state index in [2.05, 4.69) is 15.1 Å². The molecule has 5 nitrogen and oxygen atoms in total. The quantitative estimate of drug-likeness (QED) is 0.675. The molecule has 3 rings (SSSR count). The van der Waals surface area contributed by atoms with Crippen molar-refractivity contribution in [2.75, 3.05) is 0 Å². The molecule has 0 bridgehead atoms. The molecular weight excluding hydrogens is 357 g/mol. The van der Waals surface area contributed by atoms with Gasteiger partial charge in [0, 0.05) is 35.5 Å². The average molecular weight is 369 g/mol. The van der Waals surface area contributed by atoms with Crippen LogP contribution < -0.4 is 4.74 Å². The molecule has 0 unspecified atom stereocenters. The molecule has 25 heavy (non-hydrogen) atoms. The minimum atomic E-state index is -4.55. The molecule has 0 spiro atoms. The molecule has 2 heterocycles. The first-order valence-corrected chi connectivity index (χ1v) is 7.50. The average Bonchev–Trinajstić information content (AvgIpc) is 2.91. The predicted octanol–water partition coefficient (Wildman–Crippen LogP) is 4.65. The third kappa shape index (κ3) is 3.74. The number of aryl methyl sites for hydroxylation is 2. The molecule has 1 aromatic carbocycles. The van der Waals surface area contributed by atoms with Crippen LogP contribution in [0.2, 0.25) is 5.02 Å². The second kappa shape index (κ2) is 6.36. The van der Waals surface area contributed by atoms with Crippen LogP contribution in [-0.4, -0.2) is 19.7 Å². The van der Waals surface area contributed by atoms with Crippen molar-refractivity contribution in [1.29, 1.82) is 0 Å². The number of halogens is 4. The number of aromatic nitrogens is 4. The van der Waals surface area contributed by atoms with E-state index in [1.54, 1.807) is 31.2 Å². The number of alkyl halides is 3. The van der Waals surface area contributed by atoms with Crippen LogP contribution in [0, 0.1) is 6.92 Å². The van der Waals surface area contributed by atoms with Gasteiger partial charge in [-0.25, -0.2) is 9.67 Å². The lowest BCUT2D eigenvalue weighted by Gasteiger charge is -2.09. The highest BCUT2D eigenvalue weighted by Crippen LogP contribution is 2.32. The Morgan fingerprint density at radius 3 is 2.60 bits per heavy atom. The van der Waals surface area contributed by atoms with Gasteiger partial charge in [-0.05, 0) is 19.1 Å². The van der Waals surface area contributed by atoms with Crippen molar-refractivity contribution in [3.05, 3.63) is 52.8 Å². The van der Waals surface area contributed by atoms with Crippen molar-refractivity contribution >= 4 is 11.6 Å². The highest BCUT2D eigenvalue weighted by Gasteiger charge is 2.35. The second-order valence-corrected chi connectivity index (χ2v) is 5.72. The largest absolute Gasteiger partial charge is 0.435 e. The van der Waals surface area contributed by atoms with Crippen molar-refractivity contribution in [3.8, 4) is 23.1 Å². The lowest BCUT2D eigenvalue weighted by Crippen LogP contribution is -2.06. The SMILES string of the molecule is Cc1cnc(-c2cccc(Cl)c2)nc1Oc1cc(C(F)(F)F)nn1C. The molecule has 0 N–H and O–H groups in total. The van der Waals surface area contributed by atoms with Gasteiger partial charge in [0.2, 0.25) is 11.8 Å². The summed E-state index contributed by atoms with van der Waals surface area (Å²) < 4.78 is 44.8. The number of rotatable bonds is 3. The summed E-state index contributed by atoms with van der Waals surface area (Å²) in [5.74, 6) is 0.411. The molecule has 0 aliphatic rings. The molecule has 0 aliphatic heterocycles. The molecule has 9 heteroatoms. The van der Waals surface area contributed by atoms with E-state index in [4.69, 9.17) is 16.3 Å². The number of benzene rings is 1. The van der Waals surface area contributed by atoms with E-state index in [9.17, 15) is 13.2 Å². The van der Waals surface area contributed by atoms with Crippen LogP contribution >= 0.6 is 11.6 Å². The van der Waals surface area contributed by atoms with E-state index in [1.807, 2.05) is 0 Å². The monoisotopic (exact) mass is 368 g/mol. The minimum absolute atomic E-state index is 0.0776. The summed E-state index contributed by atoms with van der Waals surface area (Å²) in [5, 5.41) is 3.92. The van der Waals surface area contributed by atoms with Crippen LogP contribution in [0.25, 0.3) is 11.4 Å². The van der Waals surface area contributed by atoms with E-state index in [-0.39, 0.29) is 11.8 Å². The van der Waals surface area contributed by atoms with Gasteiger partial charge in [-0.1, -0.05) is 23.7 Å². The maximum absolute atomic E-state index is 12.8. The van der Waals surface area contributed by atoms with Crippen molar-refractivity contribution in [2.24, 2.45) is 7.05 Å². The molecule has 0 aliphatic carbocycles.